The molecule has 0 bridgehead atoms. The molecule has 13 heavy (non-hydrogen) atoms. The normalized spacial score (nSPS) is 10.9. The summed E-state index contributed by atoms with van der Waals surface area (Å²) < 4.78 is 0. The largest absolute Gasteiger partial charge is 1.00 e. The molecule has 0 radical (unpaired) electrons. The third-order valence-corrected chi connectivity index (χ3v) is 1.59. The molecule has 2 nitrogen and oxygen atoms in total. The molecule has 0 amide bonds. The maximum absolute atomic E-state index is 9.36. The van der Waals surface area contributed by atoms with Gasteiger partial charge in [-0.15, -0.1) is 0 Å². The quantitative estimate of drug-likeness (QED) is 0.445. The van der Waals surface area contributed by atoms with Gasteiger partial charge in [-0.3, -0.25) is 0 Å². The summed E-state index contributed by atoms with van der Waals surface area (Å²) >= 11 is 0. The molecule has 0 spiro atoms. The van der Waals surface area contributed by atoms with Crippen molar-refractivity contribution in [3.05, 3.63) is 35.9 Å². The van der Waals surface area contributed by atoms with E-state index >= 15 is 0 Å². The summed E-state index contributed by atoms with van der Waals surface area (Å²) in [6.07, 6.45) is -0.120. The van der Waals surface area contributed by atoms with Crippen LogP contribution in [0, 0.1) is 0 Å². The molecule has 0 fully saturated rings. The molecule has 1 atom stereocenters. The minimum absolute atomic E-state index is 0. The van der Waals surface area contributed by atoms with E-state index in [0.29, 0.717) is 6.42 Å². The van der Waals surface area contributed by atoms with E-state index in [9.17, 15) is 5.11 Å². The summed E-state index contributed by atoms with van der Waals surface area (Å²) in [5.41, 5.74) is 0.863. The molecule has 1 rings (SSSR count). The van der Waals surface area contributed by atoms with E-state index in [2.05, 4.69) is 0 Å². The van der Waals surface area contributed by atoms with E-state index in [-0.39, 0.29) is 47.2 Å². The number of rotatable bonds is 3. The zero-order valence-corrected chi connectivity index (χ0v) is 8.27. The third-order valence-electron chi connectivity index (χ3n) is 1.59. The molecule has 1 aromatic carbocycles. The van der Waals surface area contributed by atoms with Crippen LogP contribution in [0.25, 0.3) is 0 Å². The second-order valence-corrected chi connectivity index (χ2v) is 2.44. The van der Waals surface area contributed by atoms with Crippen LogP contribution in [0.2, 0.25) is 0 Å². The van der Waals surface area contributed by atoms with Crippen LogP contribution >= 0.6 is 0 Å². The van der Waals surface area contributed by atoms with E-state index in [1.165, 1.54) is 0 Å². The van der Waals surface area contributed by atoms with Crippen LogP contribution in [-0.4, -0.2) is 16.8 Å². The summed E-state index contributed by atoms with van der Waals surface area (Å²) in [6, 6.07) is 9.33. The molecule has 0 saturated carbocycles. The van der Waals surface area contributed by atoms with E-state index < -0.39 is 6.10 Å². The Bertz CT molecular complexity index is 213. The molecule has 0 heterocycles. The van der Waals surface area contributed by atoms with Crippen molar-refractivity contribution in [2.45, 2.75) is 12.5 Å². The Labute approximate surface area is 106 Å². The van der Waals surface area contributed by atoms with Crippen molar-refractivity contribution in [3.8, 4) is 0 Å². The van der Waals surface area contributed by atoms with Crippen molar-refractivity contribution in [1.29, 1.82) is 0 Å². The number of aliphatic hydroxyl groups excluding tert-OH is 2. The van der Waals surface area contributed by atoms with E-state index in [0.717, 1.165) is 5.56 Å². The van der Waals surface area contributed by atoms with Crippen molar-refractivity contribution < 1.29 is 50.8 Å². The summed E-state index contributed by atoms with van der Waals surface area (Å²) in [4.78, 5) is 0. The number of benzene rings is 1. The first kappa shape index (κ1) is 15.8. The predicted molar refractivity (Wildman–Crippen MR) is 45.3 cm³/mol. The minimum Gasteiger partial charge on any atom is -1.00 e. The summed E-state index contributed by atoms with van der Waals surface area (Å²) in [5.74, 6) is 0. The molecular weight excluding hydrogens is 154 g/mol. The zero-order valence-electron chi connectivity index (χ0n) is 10.3. The Morgan fingerprint density at radius 2 is 1.69 bits per heavy atom. The topological polar surface area (TPSA) is 40.5 Å². The van der Waals surface area contributed by atoms with Crippen LogP contribution in [0.5, 0.6) is 0 Å². The van der Waals surface area contributed by atoms with Gasteiger partial charge in [0.25, 0.3) is 0 Å². The standard InChI is InChI=1S/C9H12O2.2Li.2H/c10-7-6-9(11)8-4-2-1-3-5-8;;;;/h1-5,9-11H,6-7H2;;;;/q;2*+1;2*-1. The number of aliphatic hydroxyl groups is 2. The van der Waals surface area contributed by atoms with Gasteiger partial charge in [0, 0.05) is 13.0 Å². The summed E-state index contributed by atoms with van der Waals surface area (Å²) in [6.45, 7) is 0.0239. The van der Waals surface area contributed by atoms with Gasteiger partial charge in [0.15, 0.2) is 0 Å². The molecule has 2 N–H and O–H groups in total. The van der Waals surface area contributed by atoms with E-state index in [1.807, 2.05) is 30.3 Å². The van der Waals surface area contributed by atoms with Gasteiger partial charge < -0.3 is 13.1 Å². The zero-order chi connectivity index (χ0) is 8.10. The van der Waals surface area contributed by atoms with Crippen LogP contribution in [0.3, 0.4) is 0 Å². The fourth-order valence-electron chi connectivity index (χ4n) is 0.964. The molecule has 0 aliphatic carbocycles. The van der Waals surface area contributed by atoms with Gasteiger partial charge in [0.1, 0.15) is 0 Å². The number of hydrogen-bond acceptors (Lipinski definition) is 2. The summed E-state index contributed by atoms with van der Waals surface area (Å²) in [7, 11) is 0. The Kier molecular flexibility index (Phi) is 10.8. The van der Waals surface area contributed by atoms with Gasteiger partial charge in [-0.2, -0.15) is 0 Å². The summed E-state index contributed by atoms with van der Waals surface area (Å²) in [5, 5.41) is 17.9. The third kappa shape index (κ3) is 5.60. The van der Waals surface area contributed by atoms with Crippen molar-refractivity contribution in [1.82, 2.24) is 0 Å². The first-order chi connectivity index (χ1) is 5.34. The first-order valence-electron chi connectivity index (χ1n) is 3.68. The SMILES string of the molecule is OCCC(O)c1ccccc1.[H-].[H-].[Li+].[Li+]. The molecular formula is C9H14Li2O2. The van der Waals surface area contributed by atoms with Gasteiger partial charge in [-0.25, -0.2) is 0 Å². The van der Waals surface area contributed by atoms with Crippen molar-refractivity contribution in [3.63, 3.8) is 0 Å². The molecule has 1 unspecified atom stereocenters. The Hall–Kier alpha value is 0.335. The second kappa shape index (κ2) is 8.91. The van der Waals surface area contributed by atoms with Gasteiger partial charge in [-0.1, -0.05) is 30.3 Å². The first-order valence-corrected chi connectivity index (χ1v) is 3.68. The molecule has 0 saturated heterocycles. The minimum atomic E-state index is -0.527. The van der Waals surface area contributed by atoms with Crippen molar-refractivity contribution in [2.24, 2.45) is 0 Å². The van der Waals surface area contributed by atoms with Crippen LogP contribution in [0.1, 0.15) is 20.9 Å². The molecule has 0 aromatic heterocycles. The van der Waals surface area contributed by atoms with E-state index in [4.69, 9.17) is 5.11 Å². The van der Waals surface area contributed by atoms with Gasteiger partial charge >= 0.3 is 37.7 Å². The predicted octanol–water partition coefficient (Wildman–Crippen LogP) is -4.66. The Morgan fingerprint density at radius 3 is 2.15 bits per heavy atom. The van der Waals surface area contributed by atoms with Gasteiger partial charge in [0.2, 0.25) is 0 Å². The number of hydrogen-bond donors (Lipinski definition) is 2. The monoisotopic (exact) mass is 168 g/mol. The fraction of sp³-hybridized carbons (Fsp3) is 0.333. The van der Waals surface area contributed by atoms with Crippen LogP contribution < -0.4 is 37.7 Å². The van der Waals surface area contributed by atoms with Crippen molar-refractivity contribution >= 4 is 0 Å². The Morgan fingerprint density at radius 1 is 1.15 bits per heavy atom. The Balaban J connectivity index is -0.000000151. The fourth-order valence-corrected chi connectivity index (χ4v) is 0.964. The van der Waals surface area contributed by atoms with Crippen molar-refractivity contribution in [2.75, 3.05) is 6.61 Å². The molecule has 64 valence electrons. The van der Waals surface area contributed by atoms with Gasteiger partial charge in [0.05, 0.1) is 6.10 Å². The molecule has 0 aliphatic heterocycles. The maximum atomic E-state index is 9.36. The van der Waals surface area contributed by atoms with Gasteiger partial charge in [-0.05, 0) is 5.56 Å². The molecule has 1 aromatic rings. The van der Waals surface area contributed by atoms with Crippen LogP contribution in [0.15, 0.2) is 30.3 Å². The average Bonchev–Trinajstić information content (AvgIpc) is 2.07. The average molecular weight is 168 g/mol. The van der Waals surface area contributed by atoms with Crippen LogP contribution in [-0.2, 0) is 0 Å². The molecule has 0 aliphatic rings. The van der Waals surface area contributed by atoms with Crippen LogP contribution in [0.4, 0.5) is 0 Å². The van der Waals surface area contributed by atoms with E-state index in [1.54, 1.807) is 0 Å². The maximum Gasteiger partial charge on any atom is 1.00 e. The second-order valence-electron chi connectivity index (χ2n) is 2.44. The smallest absolute Gasteiger partial charge is 1.00 e. The molecule has 4 heteroatoms.